The molecule has 0 spiro atoms. The van der Waals surface area contributed by atoms with Gasteiger partial charge < -0.3 is 5.32 Å². The van der Waals surface area contributed by atoms with Crippen molar-refractivity contribution < 1.29 is 0 Å². The predicted octanol–water partition coefficient (Wildman–Crippen LogP) is 3.53. The van der Waals surface area contributed by atoms with E-state index in [1.54, 1.807) is 0 Å². The Bertz CT molecular complexity index is 355. The van der Waals surface area contributed by atoms with E-state index in [0.29, 0.717) is 11.6 Å². The van der Waals surface area contributed by atoms with Gasteiger partial charge in [-0.2, -0.15) is 5.26 Å². The van der Waals surface area contributed by atoms with Crippen LogP contribution in [-0.2, 0) is 0 Å². The highest BCUT2D eigenvalue weighted by Gasteiger charge is 2.07. The summed E-state index contributed by atoms with van der Waals surface area (Å²) in [5.74, 6) is 0. The van der Waals surface area contributed by atoms with Gasteiger partial charge in [-0.1, -0.05) is 13.0 Å². The molecular weight excluding hydrogens is 240 g/mol. The first-order chi connectivity index (χ1) is 6.69. The number of rotatable bonds is 3. The predicted molar refractivity (Wildman–Crippen MR) is 62.2 cm³/mol. The third kappa shape index (κ3) is 2.49. The van der Waals surface area contributed by atoms with Crippen molar-refractivity contribution in [1.29, 1.82) is 5.26 Å². The topological polar surface area (TPSA) is 35.8 Å². The van der Waals surface area contributed by atoms with Crippen LogP contribution < -0.4 is 5.32 Å². The fraction of sp³-hybridized carbons (Fsp3) is 0.364. The van der Waals surface area contributed by atoms with Gasteiger partial charge in [0.15, 0.2) is 0 Å². The van der Waals surface area contributed by atoms with E-state index in [-0.39, 0.29) is 0 Å². The molecule has 1 rings (SSSR count). The van der Waals surface area contributed by atoms with Crippen LogP contribution in [0.5, 0.6) is 0 Å². The van der Waals surface area contributed by atoms with Crippen molar-refractivity contribution in [2.45, 2.75) is 26.3 Å². The van der Waals surface area contributed by atoms with Crippen molar-refractivity contribution >= 4 is 21.6 Å². The lowest BCUT2D eigenvalue weighted by atomic mass is 10.1. The second-order valence-corrected chi connectivity index (χ2v) is 4.08. The minimum atomic E-state index is 0.386. The molecule has 1 aromatic carbocycles. The first-order valence-corrected chi connectivity index (χ1v) is 5.43. The third-order valence-electron chi connectivity index (χ3n) is 2.14. The number of hydrogen-bond donors (Lipinski definition) is 1. The fourth-order valence-electron chi connectivity index (χ4n) is 1.13. The second kappa shape index (κ2) is 5.02. The number of halogens is 1. The molecule has 74 valence electrons. The van der Waals surface area contributed by atoms with E-state index in [1.807, 2.05) is 18.2 Å². The van der Waals surface area contributed by atoms with E-state index in [1.165, 1.54) is 0 Å². The maximum atomic E-state index is 8.96. The average Bonchev–Trinajstić information content (AvgIpc) is 2.18. The Labute approximate surface area is 93.1 Å². The van der Waals surface area contributed by atoms with Gasteiger partial charge in [0.05, 0.1) is 11.3 Å². The summed E-state index contributed by atoms with van der Waals surface area (Å²) in [5, 5.41) is 12.3. The lowest BCUT2D eigenvalue weighted by molar-refractivity contribution is 0.763. The van der Waals surface area contributed by atoms with Gasteiger partial charge in [-0.15, -0.1) is 0 Å². The summed E-state index contributed by atoms with van der Waals surface area (Å²) in [7, 11) is 0. The Balaban J connectivity index is 2.98. The molecule has 0 radical (unpaired) electrons. The van der Waals surface area contributed by atoms with Crippen LogP contribution in [0.25, 0.3) is 0 Å². The number of anilines is 1. The normalized spacial score (nSPS) is 11.9. The Morgan fingerprint density at radius 3 is 2.86 bits per heavy atom. The highest BCUT2D eigenvalue weighted by atomic mass is 79.9. The van der Waals surface area contributed by atoms with Gasteiger partial charge in [-0.05, 0) is 41.4 Å². The van der Waals surface area contributed by atoms with Crippen molar-refractivity contribution in [3.05, 3.63) is 28.2 Å². The SMILES string of the molecule is CCC(C)Nc1cccc(Br)c1C#N. The summed E-state index contributed by atoms with van der Waals surface area (Å²) in [6.45, 7) is 4.21. The third-order valence-corrected chi connectivity index (χ3v) is 2.80. The van der Waals surface area contributed by atoms with Crippen molar-refractivity contribution in [3.63, 3.8) is 0 Å². The molecule has 0 fully saturated rings. The van der Waals surface area contributed by atoms with E-state index in [4.69, 9.17) is 5.26 Å². The molecule has 0 saturated heterocycles. The molecule has 0 aliphatic heterocycles. The lowest BCUT2D eigenvalue weighted by Gasteiger charge is -2.14. The minimum absolute atomic E-state index is 0.386. The van der Waals surface area contributed by atoms with Gasteiger partial charge in [0, 0.05) is 10.5 Å². The van der Waals surface area contributed by atoms with Crippen molar-refractivity contribution in [2.24, 2.45) is 0 Å². The van der Waals surface area contributed by atoms with E-state index in [0.717, 1.165) is 16.6 Å². The summed E-state index contributed by atoms with van der Waals surface area (Å²) in [6, 6.07) is 8.30. The van der Waals surface area contributed by atoms with Crippen LogP contribution in [0.2, 0.25) is 0 Å². The van der Waals surface area contributed by atoms with E-state index < -0.39 is 0 Å². The zero-order valence-corrected chi connectivity index (χ0v) is 9.93. The Morgan fingerprint density at radius 1 is 1.57 bits per heavy atom. The number of nitrogens with one attached hydrogen (secondary N) is 1. The molecule has 14 heavy (non-hydrogen) atoms. The average molecular weight is 253 g/mol. The highest BCUT2D eigenvalue weighted by molar-refractivity contribution is 9.10. The van der Waals surface area contributed by atoms with Crippen molar-refractivity contribution in [3.8, 4) is 6.07 Å². The summed E-state index contributed by atoms with van der Waals surface area (Å²) in [5.41, 5.74) is 1.57. The zero-order chi connectivity index (χ0) is 10.6. The summed E-state index contributed by atoms with van der Waals surface area (Å²) >= 11 is 3.36. The Hall–Kier alpha value is -1.01. The molecule has 0 bridgehead atoms. The molecule has 1 unspecified atom stereocenters. The molecular formula is C11H13BrN2. The molecule has 0 aliphatic carbocycles. The quantitative estimate of drug-likeness (QED) is 0.894. The molecule has 1 N–H and O–H groups in total. The Morgan fingerprint density at radius 2 is 2.29 bits per heavy atom. The van der Waals surface area contributed by atoms with E-state index in [2.05, 4.69) is 41.2 Å². The van der Waals surface area contributed by atoms with Crippen molar-refractivity contribution in [1.82, 2.24) is 0 Å². The zero-order valence-electron chi connectivity index (χ0n) is 8.34. The van der Waals surface area contributed by atoms with Crippen LogP contribution in [0, 0.1) is 11.3 Å². The maximum absolute atomic E-state index is 8.96. The minimum Gasteiger partial charge on any atom is -0.382 e. The number of nitrogens with zero attached hydrogens (tertiary/aromatic N) is 1. The van der Waals surface area contributed by atoms with Gasteiger partial charge in [0.25, 0.3) is 0 Å². The lowest BCUT2D eigenvalue weighted by Crippen LogP contribution is -2.14. The van der Waals surface area contributed by atoms with E-state index in [9.17, 15) is 0 Å². The fourth-order valence-corrected chi connectivity index (χ4v) is 1.58. The van der Waals surface area contributed by atoms with Crippen LogP contribution in [0.1, 0.15) is 25.8 Å². The highest BCUT2D eigenvalue weighted by Crippen LogP contribution is 2.24. The standard InChI is InChI=1S/C11H13BrN2/c1-3-8(2)14-11-6-4-5-10(12)9(11)7-13/h4-6,8,14H,3H2,1-2H3. The summed E-state index contributed by atoms with van der Waals surface area (Å²) in [4.78, 5) is 0. The van der Waals surface area contributed by atoms with E-state index >= 15 is 0 Å². The number of nitriles is 1. The monoisotopic (exact) mass is 252 g/mol. The van der Waals surface area contributed by atoms with Gasteiger partial charge in [-0.3, -0.25) is 0 Å². The second-order valence-electron chi connectivity index (χ2n) is 3.23. The maximum Gasteiger partial charge on any atom is 0.103 e. The molecule has 0 heterocycles. The Kier molecular flexibility index (Phi) is 3.97. The first-order valence-electron chi connectivity index (χ1n) is 4.64. The van der Waals surface area contributed by atoms with Gasteiger partial charge in [0.2, 0.25) is 0 Å². The van der Waals surface area contributed by atoms with Crippen LogP contribution >= 0.6 is 15.9 Å². The van der Waals surface area contributed by atoms with Gasteiger partial charge >= 0.3 is 0 Å². The smallest absolute Gasteiger partial charge is 0.103 e. The van der Waals surface area contributed by atoms with Crippen LogP contribution in [0.4, 0.5) is 5.69 Å². The molecule has 0 aromatic heterocycles. The largest absolute Gasteiger partial charge is 0.382 e. The summed E-state index contributed by atoms with van der Waals surface area (Å²) < 4.78 is 0.841. The molecule has 0 saturated carbocycles. The number of benzene rings is 1. The summed E-state index contributed by atoms with van der Waals surface area (Å²) in [6.07, 6.45) is 1.04. The molecule has 1 aromatic rings. The number of hydrogen-bond acceptors (Lipinski definition) is 2. The van der Waals surface area contributed by atoms with Gasteiger partial charge in [0.1, 0.15) is 6.07 Å². The molecule has 3 heteroatoms. The molecule has 2 nitrogen and oxygen atoms in total. The first kappa shape index (κ1) is 11.1. The van der Waals surface area contributed by atoms with Crippen LogP contribution in [0.3, 0.4) is 0 Å². The van der Waals surface area contributed by atoms with Crippen molar-refractivity contribution in [2.75, 3.05) is 5.32 Å². The molecule has 0 amide bonds. The van der Waals surface area contributed by atoms with Gasteiger partial charge in [-0.25, -0.2) is 0 Å². The molecule has 1 atom stereocenters. The van der Waals surface area contributed by atoms with Crippen LogP contribution in [-0.4, -0.2) is 6.04 Å². The molecule has 0 aliphatic rings. The van der Waals surface area contributed by atoms with Crippen LogP contribution in [0.15, 0.2) is 22.7 Å².